The van der Waals surface area contributed by atoms with Crippen LogP contribution in [0.25, 0.3) is 0 Å². The van der Waals surface area contributed by atoms with Gasteiger partial charge in [0.05, 0.1) is 25.0 Å². The van der Waals surface area contributed by atoms with Crippen LogP contribution in [-0.2, 0) is 4.74 Å². The van der Waals surface area contributed by atoms with Crippen molar-refractivity contribution in [1.29, 1.82) is 0 Å². The summed E-state index contributed by atoms with van der Waals surface area (Å²) in [5.41, 5.74) is 2.86. The lowest BCUT2D eigenvalue weighted by Crippen LogP contribution is -2.37. The molecule has 0 saturated carbocycles. The molecule has 1 aromatic heterocycles. The number of aromatic nitrogens is 3. The van der Waals surface area contributed by atoms with E-state index < -0.39 is 11.6 Å². The van der Waals surface area contributed by atoms with Gasteiger partial charge in [-0.05, 0) is 36.4 Å². The van der Waals surface area contributed by atoms with Crippen LogP contribution < -0.4 is 15.6 Å². The molecule has 1 saturated heterocycles. The summed E-state index contributed by atoms with van der Waals surface area (Å²) in [6.45, 7) is 2.23. The second-order valence-electron chi connectivity index (χ2n) is 6.52. The van der Waals surface area contributed by atoms with Crippen molar-refractivity contribution in [1.82, 2.24) is 15.0 Å². The molecule has 0 bridgehead atoms. The number of hydrazone groups is 1. The molecule has 2 aromatic carbocycles. The van der Waals surface area contributed by atoms with E-state index in [9.17, 15) is 13.2 Å². The number of hydrogen-bond donors (Lipinski definition) is 2. The molecule has 11 heteroatoms. The minimum atomic E-state index is -0.742. The zero-order chi connectivity index (χ0) is 21.6. The summed E-state index contributed by atoms with van der Waals surface area (Å²) in [5.74, 6) is -1.22. The van der Waals surface area contributed by atoms with Gasteiger partial charge in [0.1, 0.15) is 17.5 Å². The van der Waals surface area contributed by atoms with Crippen molar-refractivity contribution in [3.63, 3.8) is 0 Å². The number of ether oxygens (including phenoxy) is 1. The molecule has 0 atom stereocenters. The van der Waals surface area contributed by atoms with Gasteiger partial charge in [-0.15, -0.1) is 0 Å². The Morgan fingerprint density at radius 3 is 2.29 bits per heavy atom. The summed E-state index contributed by atoms with van der Waals surface area (Å²) in [6.07, 6.45) is 1.01. The minimum Gasteiger partial charge on any atom is -0.378 e. The van der Waals surface area contributed by atoms with Gasteiger partial charge in [0, 0.05) is 18.8 Å². The van der Waals surface area contributed by atoms with E-state index in [0.29, 0.717) is 37.9 Å². The topological polar surface area (TPSA) is 87.6 Å². The van der Waals surface area contributed by atoms with E-state index in [-0.39, 0.29) is 23.3 Å². The Balaban J connectivity index is 1.59. The Morgan fingerprint density at radius 1 is 0.903 bits per heavy atom. The van der Waals surface area contributed by atoms with Crippen molar-refractivity contribution in [2.45, 2.75) is 0 Å². The number of rotatable bonds is 6. The van der Waals surface area contributed by atoms with E-state index in [2.05, 4.69) is 30.8 Å². The fourth-order valence-corrected chi connectivity index (χ4v) is 2.83. The highest BCUT2D eigenvalue weighted by Gasteiger charge is 2.17. The predicted octanol–water partition coefficient (Wildman–Crippen LogP) is 3.32. The smallest absolute Gasteiger partial charge is 0.250 e. The molecule has 2 N–H and O–H groups in total. The third-order valence-electron chi connectivity index (χ3n) is 4.38. The highest BCUT2D eigenvalue weighted by atomic mass is 19.1. The first-order chi connectivity index (χ1) is 15.1. The average molecular weight is 429 g/mol. The lowest BCUT2D eigenvalue weighted by molar-refractivity contribution is 0.122. The molecule has 8 nitrogen and oxygen atoms in total. The first kappa shape index (κ1) is 20.5. The first-order valence-electron chi connectivity index (χ1n) is 9.43. The molecule has 160 valence electrons. The van der Waals surface area contributed by atoms with E-state index in [4.69, 9.17) is 4.74 Å². The molecule has 4 rings (SSSR count). The Bertz CT molecular complexity index is 1050. The largest absolute Gasteiger partial charge is 0.378 e. The molecule has 0 amide bonds. The van der Waals surface area contributed by atoms with Crippen LogP contribution in [0.5, 0.6) is 0 Å². The maximum Gasteiger partial charge on any atom is 0.250 e. The van der Waals surface area contributed by atoms with Gasteiger partial charge in [-0.2, -0.15) is 20.1 Å². The Labute approximate surface area is 175 Å². The normalized spacial score (nSPS) is 14.1. The van der Waals surface area contributed by atoms with Gasteiger partial charge in [0.25, 0.3) is 0 Å². The molecule has 0 aliphatic carbocycles. The van der Waals surface area contributed by atoms with Crippen LogP contribution in [0.1, 0.15) is 5.56 Å². The van der Waals surface area contributed by atoms with E-state index in [0.717, 1.165) is 18.3 Å². The van der Waals surface area contributed by atoms with Crippen molar-refractivity contribution >= 4 is 29.7 Å². The summed E-state index contributed by atoms with van der Waals surface area (Å²) < 4.78 is 46.0. The zero-order valence-electron chi connectivity index (χ0n) is 16.2. The third kappa shape index (κ3) is 5.25. The second kappa shape index (κ2) is 9.39. The van der Waals surface area contributed by atoms with Crippen LogP contribution in [0.15, 0.2) is 47.6 Å². The van der Waals surface area contributed by atoms with Gasteiger partial charge in [0.2, 0.25) is 17.8 Å². The molecule has 0 spiro atoms. The van der Waals surface area contributed by atoms with E-state index in [1.807, 2.05) is 4.90 Å². The number of nitrogens with one attached hydrogen (secondary N) is 2. The molecule has 3 aromatic rings. The summed E-state index contributed by atoms with van der Waals surface area (Å²) in [6, 6.07) is 9.23. The van der Waals surface area contributed by atoms with Crippen LogP contribution in [0.2, 0.25) is 0 Å². The molecule has 2 heterocycles. The molecule has 0 radical (unpaired) electrons. The first-order valence-corrected chi connectivity index (χ1v) is 9.43. The van der Waals surface area contributed by atoms with Crippen molar-refractivity contribution < 1.29 is 17.9 Å². The number of halogens is 3. The average Bonchev–Trinajstić information content (AvgIpc) is 2.78. The monoisotopic (exact) mass is 429 g/mol. The number of benzene rings is 2. The van der Waals surface area contributed by atoms with Crippen LogP contribution in [0.4, 0.5) is 36.7 Å². The lowest BCUT2D eigenvalue weighted by atomic mass is 10.2. The summed E-state index contributed by atoms with van der Waals surface area (Å²) >= 11 is 0. The van der Waals surface area contributed by atoms with Crippen molar-refractivity contribution in [2.24, 2.45) is 5.10 Å². The van der Waals surface area contributed by atoms with E-state index in [1.165, 1.54) is 18.2 Å². The van der Waals surface area contributed by atoms with Crippen LogP contribution >= 0.6 is 0 Å². The highest BCUT2D eigenvalue weighted by Crippen LogP contribution is 2.19. The standard InChI is InChI=1S/C20H18F3N7O/c21-13-4-6-14(7-5-13)25-18-26-19(28-20(27-18)30-8-10-31-11-9-30)29-24-12-15-16(22)2-1-3-17(15)23/h1-7,12H,8-11H2,(H2,25,26,27,28,29)/b24-12+. The van der Waals surface area contributed by atoms with Gasteiger partial charge in [0.15, 0.2) is 0 Å². The number of nitrogens with zero attached hydrogens (tertiary/aromatic N) is 5. The summed E-state index contributed by atoms with van der Waals surface area (Å²) in [5, 5.41) is 6.83. The van der Waals surface area contributed by atoms with Crippen LogP contribution in [0.3, 0.4) is 0 Å². The van der Waals surface area contributed by atoms with E-state index >= 15 is 0 Å². The Hall–Kier alpha value is -3.73. The van der Waals surface area contributed by atoms with Crippen LogP contribution in [0, 0.1) is 17.5 Å². The van der Waals surface area contributed by atoms with Gasteiger partial charge in [-0.3, -0.25) is 0 Å². The molecular formula is C20H18F3N7O. The summed E-state index contributed by atoms with van der Waals surface area (Å²) in [7, 11) is 0. The van der Waals surface area contributed by atoms with Crippen molar-refractivity contribution in [3.05, 3.63) is 65.5 Å². The highest BCUT2D eigenvalue weighted by molar-refractivity contribution is 5.80. The lowest BCUT2D eigenvalue weighted by Gasteiger charge is -2.27. The fraction of sp³-hybridized carbons (Fsp3) is 0.200. The van der Waals surface area contributed by atoms with Gasteiger partial charge < -0.3 is 15.0 Å². The number of anilines is 4. The SMILES string of the molecule is Fc1ccc(Nc2nc(N/N=C/c3c(F)cccc3F)nc(N3CCOCC3)n2)cc1. The van der Waals surface area contributed by atoms with Gasteiger partial charge >= 0.3 is 0 Å². The second-order valence-corrected chi connectivity index (χ2v) is 6.52. The van der Waals surface area contributed by atoms with Crippen molar-refractivity contribution in [3.8, 4) is 0 Å². The predicted molar refractivity (Wildman–Crippen MR) is 110 cm³/mol. The molecule has 0 unspecified atom stereocenters. The van der Waals surface area contributed by atoms with Gasteiger partial charge in [-0.1, -0.05) is 6.07 Å². The van der Waals surface area contributed by atoms with E-state index in [1.54, 1.807) is 12.1 Å². The Kier molecular flexibility index (Phi) is 6.22. The molecular weight excluding hydrogens is 411 g/mol. The zero-order valence-corrected chi connectivity index (χ0v) is 16.2. The third-order valence-corrected chi connectivity index (χ3v) is 4.38. The molecule has 1 aliphatic heterocycles. The molecule has 1 fully saturated rings. The Morgan fingerprint density at radius 2 is 1.58 bits per heavy atom. The fourth-order valence-electron chi connectivity index (χ4n) is 2.83. The van der Waals surface area contributed by atoms with Crippen LogP contribution in [-0.4, -0.2) is 47.5 Å². The van der Waals surface area contributed by atoms with Crippen molar-refractivity contribution in [2.75, 3.05) is 41.9 Å². The molecule has 1 aliphatic rings. The minimum absolute atomic E-state index is 0.0640. The maximum atomic E-state index is 13.8. The number of hydrogen-bond acceptors (Lipinski definition) is 8. The quantitative estimate of drug-likeness (QED) is 0.459. The number of morpholine rings is 1. The maximum absolute atomic E-state index is 13.8. The summed E-state index contributed by atoms with van der Waals surface area (Å²) in [4.78, 5) is 14.9. The molecule has 31 heavy (non-hydrogen) atoms. The van der Waals surface area contributed by atoms with Gasteiger partial charge in [-0.25, -0.2) is 18.6 Å².